The fourth-order valence-corrected chi connectivity index (χ4v) is 3.93. The fourth-order valence-electron chi connectivity index (χ4n) is 3.93. The number of ether oxygens (including phenoxy) is 2. The highest BCUT2D eigenvalue weighted by Gasteiger charge is 2.30. The van der Waals surface area contributed by atoms with Crippen LogP contribution in [0.15, 0.2) is 11.1 Å². The minimum Gasteiger partial charge on any atom is -0.462 e. The van der Waals surface area contributed by atoms with E-state index < -0.39 is 0 Å². The van der Waals surface area contributed by atoms with E-state index in [1.807, 2.05) is 0 Å². The molecular formula is C30H56O4. The summed E-state index contributed by atoms with van der Waals surface area (Å²) in [4.78, 5) is 26.4. The van der Waals surface area contributed by atoms with Crippen molar-refractivity contribution >= 4 is 11.9 Å². The largest absolute Gasteiger partial charge is 0.462 e. The average Bonchev–Trinajstić information content (AvgIpc) is 2.73. The highest BCUT2D eigenvalue weighted by Crippen LogP contribution is 2.33. The monoisotopic (exact) mass is 480 g/mol. The SMILES string of the molecule is CCCCCCCCOC(=O)/C(CC(C)(C)C)=C(/CC(C)(C)C)C(=O)OCCCCCCCC. The van der Waals surface area contributed by atoms with Crippen LogP contribution < -0.4 is 0 Å². The smallest absolute Gasteiger partial charge is 0.334 e. The van der Waals surface area contributed by atoms with Gasteiger partial charge in [-0.05, 0) is 36.5 Å². The molecule has 0 spiro atoms. The molecule has 0 bridgehead atoms. The molecule has 0 saturated heterocycles. The Labute approximate surface area is 211 Å². The van der Waals surface area contributed by atoms with E-state index in [0.29, 0.717) is 37.2 Å². The van der Waals surface area contributed by atoms with Gasteiger partial charge in [-0.25, -0.2) is 9.59 Å². The standard InChI is InChI=1S/C30H56O4/c1-9-11-13-15-17-19-21-33-27(31)25(23-29(3,4)5)26(24-30(6,7)8)28(32)34-22-20-18-16-14-12-10-2/h9-24H2,1-8H3/b26-25-. The number of hydrogen-bond acceptors (Lipinski definition) is 4. The lowest BCUT2D eigenvalue weighted by Crippen LogP contribution is -2.24. The summed E-state index contributed by atoms with van der Waals surface area (Å²) in [6.07, 6.45) is 14.7. The Balaban J connectivity index is 5.29. The van der Waals surface area contributed by atoms with Gasteiger partial charge in [0, 0.05) is 11.1 Å². The first-order valence-electron chi connectivity index (χ1n) is 14.0. The molecule has 0 aromatic rings. The Bertz CT molecular complexity index is 538. The van der Waals surface area contributed by atoms with Crippen molar-refractivity contribution in [2.24, 2.45) is 10.8 Å². The quantitative estimate of drug-likeness (QED) is 0.112. The van der Waals surface area contributed by atoms with Crippen molar-refractivity contribution in [2.75, 3.05) is 13.2 Å². The zero-order valence-corrected chi connectivity index (χ0v) is 23.9. The van der Waals surface area contributed by atoms with E-state index in [9.17, 15) is 9.59 Å². The van der Waals surface area contributed by atoms with Gasteiger partial charge >= 0.3 is 11.9 Å². The van der Waals surface area contributed by atoms with Crippen molar-refractivity contribution in [3.05, 3.63) is 11.1 Å². The number of hydrogen-bond donors (Lipinski definition) is 0. The molecular weight excluding hydrogens is 424 g/mol. The normalized spacial score (nSPS) is 12.9. The van der Waals surface area contributed by atoms with E-state index in [0.717, 1.165) is 25.7 Å². The van der Waals surface area contributed by atoms with Crippen LogP contribution in [-0.2, 0) is 19.1 Å². The molecule has 0 aromatic heterocycles. The van der Waals surface area contributed by atoms with Crippen molar-refractivity contribution in [2.45, 2.75) is 145 Å². The van der Waals surface area contributed by atoms with E-state index in [-0.39, 0.29) is 22.8 Å². The van der Waals surface area contributed by atoms with E-state index >= 15 is 0 Å². The minimum atomic E-state index is -0.348. The van der Waals surface area contributed by atoms with Crippen LogP contribution in [0.1, 0.15) is 145 Å². The molecule has 0 N–H and O–H groups in total. The Kier molecular flexibility index (Phi) is 17.3. The van der Waals surface area contributed by atoms with Crippen LogP contribution in [0, 0.1) is 10.8 Å². The average molecular weight is 481 g/mol. The van der Waals surface area contributed by atoms with Gasteiger partial charge in [-0.3, -0.25) is 0 Å². The van der Waals surface area contributed by atoms with Gasteiger partial charge < -0.3 is 9.47 Å². The highest BCUT2D eigenvalue weighted by atomic mass is 16.5. The molecule has 4 heteroatoms. The van der Waals surface area contributed by atoms with Gasteiger partial charge in [0.25, 0.3) is 0 Å². The molecule has 0 aliphatic heterocycles. The molecule has 200 valence electrons. The second-order valence-corrected chi connectivity index (χ2v) is 12.2. The first-order valence-corrected chi connectivity index (χ1v) is 14.0. The van der Waals surface area contributed by atoms with E-state index in [2.05, 4.69) is 55.4 Å². The first-order chi connectivity index (χ1) is 15.9. The molecule has 0 saturated carbocycles. The zero-order chi connectivity index (χ0) is 26.0. The predicted molar refractivity (Wildman–Crippen MR) is 144 cm³/mol. The summed E-state index contributed by atoms with van der Waals surface area (Å²) in [5.41, 5.74) is 0.719. The second-order valence-electron chi connectivity index (χ2n) is 12.2. The van der Waals surface area contributed by atoms with Crippen LogP contribution in [0.4, 0.5) is 0 Å². The Morgan fingerprint density at radius 2 is 0.794 bits per heavy atom. The van der Waals surface area contributed by atoms with Crippen LogP contribution in [0.25, 0.3) is 0 Å². The summed E-state index contributed by atoms with van der Waals surface area (Å²) in [6, 6.07) is 0. The molecule has 0 radical (unpaired) electrons. The van der Waals surface area contributed by atoms with E-state index in [4.69, 9.17) is 9.47 Å². The van der Waals surface area contributed by atoms with Gasteiger partial charge in [0.1, 0.15) is 0 Å². The maximum absolute atomic E-state index is 13.2. The Morgan fingerprint density at radius 1 is 0.500 bits per heavy atom. The lowest BCUT2D eigenvalue weighted by Gasteiger charge is -2.25. The van der Waals surface area contributed by atoms with E-state index in [1.165, 1.54) is 51.4 Å². The Morgan fingerprint density at radius 3 is 1.09 bits per heavy atom. The van der Waals surface area contributed by atoms with Gasteiger partial charge in [-0.2, -0.15) is 0 Å². The number of carbonyl (C=O) groups excluding carboxylic acids is 2. The summed E-state index contributed by atoms with van der Waals surface area (Å²) in [6.45, 7) is 17.8. The topological polar surface area (TPSA) is 52.6 Å². The van der Waals surface area contributed by atoms with Crippen LogP contribution >= 0.6 is 0 Å². The molecule has 0 amide bonds. The number of esters is 2. The van der Waals surface area contributed by atoms with Gasteiger partial charge in [-0.15, -0.1) is 0 Å². The minimum absolute atomic E-state index is 0.142. The maximum Gasteiger partial charge on any atom is 0.334 e. The number of rotatable bonds is 18. The van der Waals surface area contributed by atoms with Crippen LogP contribution in [0.2, 0.25) is 0 Å². The highest BCUT2D eigenvalue weighted by molar-refractivity contribution is 6.00. The third-order valence-electron chi connectivity index (χ3n) is 5.73. The summed E-state index contributed by atoms with van der Waals surface area (Å²) in [7, 11) is 0. The predicted octanol–water partition coefficient (Wildman–Crippen LogP) is 8.96. The molecule has 0 rings (SSSR count). The number of carbonyl (C=O) groups is 2. The lowest BCUT2D eigenvalue weighted by molar-refractivity contribution is -0.143. The maximum atomic E-state index is 13.2. The molecule has 0 aromatic carbocycles. The van der Waals surface area contributed by atoms with Gasteiger partial charge in [0.2, 0.25) is 0 Å². The molecule has 34 heavy (non-hydrogen) atoms. The van der Waals surface area contributed by atoms with Crippen LogP contribution in [0.3, 0.4) is 0 Å². The van der Waals surface area contributed by atoms with Gasteiger partial charge in [-0.1, -0.05) is 120 Å². The summed E-state index contributed by atoms with van der Waals surface area (Å²) in [5, 5.41) is 0. The molecule has 0 heterocycles. The zero-order valence-electron chi connectivity index (χ0n) is 23.9. The third kappa shape index (κ3) is 18.1. The van der Waals surface area contributed by atoms with E-state index in [1.54, 1.807) is 0 Å². The Hall–Kier alpha value is -1.32. The van der Waals surface area contributed by atoms with Crippen molar-refractivity contribution < 1.29 is 19.1 Å². The first kappa shape index (κ1) is 32.7. The van der Waals surface area contributed by atoms with Gasteiger partial charge in [0.15, 0.2) is 0 Å². The number of unbranched alkanes of at least 4 members (excludes halogenated alkanes) is 10. The van der Waals surface area contributed by atoms with Crippen molar-refractivity contribution in [3.63, 3.8) is 0 Å². The second kappa shape index (κ2) is 18.0. The molecule has 0 unspecified atom stereocenters. The molecule has 0 fully saturated rings. The third-order valence-corrected chi connectivity index (χ3v) is 5.73. The molecule has 0 aliphatic carbocycles. The molecule has 0 atom stereocenters. The lowest BCUT2D eigenvalue weighted by atomic mass is 9.81. The van der Waals surface area contributed by atoms with Crippen LogP contribution in [-0.4, -0.2) is 25.2 Å². The van der Waals surface area contributed by atoms with Crippen molar-refractivity contribution in [1.29, 1.82) is 0 Å². The molecule has 0 aliphatic rings. The summed E-state index contributed by atoms with van der Waals surface area (Å²) < 4.78 is 11.4. The van der Waals surface area contributed by atoms with Crippen molar-refractivity contribution in [3.8, 4) is 0 Å². The van der Waals surface area contributed by atoms with Crippen LogP contribution in [0.5, 0.6) is 0 Å². The molecule has 4 nitrogen and oxygen atoms in total. The van der Waals surface area contributed by atoms with Gasteiger partial charge in [0.05, 0.1) is 13.2 Å². The summed E-state index contributed by atoms with van der Waals surface area (Å²) >= 11 is 0. The fraction of sp³-hybridized carbons (Fsp3) is 0.867. The summed E-state index contributed by atoms with van der Waals surface area (Å²) in [5.74, 6) is -0.696. The van der Waals surface area contributed by atoms with Crippen molar-refractivity contribution in [1.82, 2.24) is 0 Å².